The van der Waals surface area contributed by atoms with Crippen LogP contribution in [0, 0.1) is 10.1 Å². The third-order valence-corrected chi connectivity index (χ3v) is 5.61. The van der Waals surface area contributed by atoms with Crippen molar-refractivity contribution in [2.75, 3.05) is 0 Å². The van der Waals surface area contributed by atoms with E-state index in [4.69, 9.17) is 23.2 Å². The number of rotatable bonds is 3. The van der Waals surface area contributed by atoms with Gasteiger partial charge < -0.3 is 4.57 Å². The summed E-state index contributed by atoms with van der Waals surface area (Å²) in [6.45, 7) is 0. The van der Waals surface area contributed by atoms with E-state index < -0.39 is 4.92 Å². The monoisotopic (exact) mass is 406 g/mol. The second-order valence-electron chi connectivity index (χ2n) is 6.68. The van der Waals surface area contributed by atoms with Gasteiger partial charge in [-0.1, -0.05) is 42.5 Å². The quantitative estimate of drug-likeness (QED) is 0.456. The standard InChI is InChI=1S/C18H16Cl2N4O3/c19-13-8-12(24(26)27)9-14(20)18(13)23-15-6-7-17(25)22(16(15)10-21-23)11-4-2-1-3-5-11/h6-11H,1-5H2. The molecule has 2 aromatic heterocycles. The molecule has 0 spiro atoms. The van der Waals surface area contributed by atoms with Crippen molar-refractivity contribution in [3.63, 3.8) is 0 Å². The van der Waals surface area contributed by atoms with Gasteiger partial charge in [0.25, 0.3) is 11.2 Å². The van der Waals surface area contributed by atoms with Crippen molar-refractivity contribution in [3.8, 4) is 5.69 Å². The molecule has 0 aliphatic heterocycles. The lowest BCUT2D eigenvalue weighted by molar-refractivity contribution is -0.384. The van der Waals surface area contributed by atoms with Gasteiger partial charge in [0.1, 0.15) is 5.69 Å². The normalized spacial score (nSPS) is 15.3. The van der Waals surface area contributed by atoms with Crippen molar-refractivity contribution >= 4 is 39.9 Å². The topological polar surface area (TPSA) is 83.0 Å². The molecule has 0 unspecified atom stereocenters. The maximum absolute atomic E-state index is 12.5. The zero-order chi connectivity index (χ0) is 19.1. The van der Waals surface area contributed by atoms with Gasteiger partial charge in [0.15, 0.2) is 0 Å². The molecule has 9 heteroatoms. The predicted molar refractivity (Wildman–Crippen MR) is 104 cm³/mol. The van der Waals surface area contributed by atoms with Gasteiger partial charge in [0.05, 0.1) is 32.2 Å². The van der Waals surface area contributed by atoms with Crippen LogP contribution in [0.3, 0.4) is 0 Å². The van der Waals surface area contributed by atoms with E-state index in [0.29, 0.717) is 16.7 Å². The van der Waals surface area contributed by atoms with E-state index in [1.807, 2.05) is 0 Å². The van der Waals surface area contributed by atoms with Crippen LogP contribution in [0.5, 0.6) is 0 Å². The van der Waals surface area contributed by atoms with Gasteiger partial charge >= 0.3 is 0 Å². The summed E-state index contributed by atoms with van der Waals surface area (Å²) in [4.78, 5) is 23.0. The number of aromatic nitrogens is 3. The number of hydrogen-bond donors (Lipinski definition) is 0. The molecule has 1 saturated carbocycles. The second kappa shape index (κ2) is 6.98. The van der Waals surface area contributed by atoms with Crippen molar-refractivity contribution in [1.82, 2.24) is 14.3 Å². The molecule has 1 aliphatic carbocycles. The summed E-state index contributed by atoms with van der Waals surface area (Å²) in [5.41, 5.74) is 1.49. The first kappa shape index (κ1) is 18.0. The highest BCUT2D eigenvalue weighted by atomic mass is 35.5. The fourth-order valence-electron chi connectivity index (χ4n) is 3.79. The van der Waals surface area contributed by atoms with Crippen LogP contribution in [-0.2, 0) is 0 Å². The molecule has 1 fully saturated rings. The molecular weight excluding hydrogens is 391 g/mol. The van der Waals surface area contributed by atoms with Crippen LogP contribution < -0.4 is 5.56 Å². The second-order valence-corrected chi connectivity index (χ2v) is 7.49. The first-order valence-corrected chi connectivity index (χ1v) is 9.46. The molecule has 7 nitrogen and oxygen atoms in total. The number of nitro benzene ring substituents is 1. The van der Waals surface area contributed by atoms with Crippen molar-refractivity contribution in [2.24, 2.45) is 0 Å². The number of non-ortho nitro benzene ring substituents is 1. The SMILES string of the molecule is O=c1ccc2c(cnn2-c2c(Cl)cc([N+](=O)[O-])cc2Cl)n1C1CCCCC1. The lowest BCUT2D eigenvalue weighted by Gasteiger charge is -2.24. The molecule has 4 rings (SSSR count). The van der Waals surface area contributed by atoms with Crippen LogP contribution in [0.4, 0.5) is 5.69 Å². The third-order valence-electron chi connectivity index (χ3n) is 5.03. The zero-order valence-corrected chi connectivity index (χ0v) is 15.8. The molecule has 2 heterocycles. The Labute approximate surface area is 164 Å². The average Bonchev–Trinajstić information content (AvgIpc) is 3.05. The Bertz CT molecular complexity index is 1080. The molecule has 0 radical (unpaired) electrons. The summed E-state index contributed by atoms with van der Waals surface area (Å²) >= 11 is 12.5. The molecule has 140 valence electrons. The van der Waals surface area contributed by atoms with Gasteiger partial charge in [-0.05, 0) is 18.9 Å². The number of halogens is 2. The Morgan fingerprint density at radius 2 is 1.74 bits per heavy atom. The summed E-state index contributed by atoms with van der Waals surface area (Å²) in [5.74, 6) is 0. The van der Waals surface area contributed by atoms with E-state index in [0.717, 1.165) is 25.7 Å². The number of benzene rings is 1. The Hall–Kier alpha value is -2.38. The Balaban J connectivity index is 1.90. The van der Waals surface area contributed by atoms with Crippen LogP contribution in [0.1, 0.15) is 38.1 Å². The van der Waals surface area contributed by atoms with Crippen LogP contribution >= 0.6 is 23.2 Å². The minimum atomic E-state index is -0.552. The van der Waals surface area contributed by atoms with Crippen molar-refractivity contribution in [2.45, 2.75) is 38.1 Å². The van der Waals surface area contributed by atoms with Gasteiger partial charge in [-0.2, -0.15) is 5.10 Å². The summed E-state index contributed by atoms with van der Waals surface area (Å²) in [7, 11) is 0. The van der Waals surface area contributed by atoms with Crippen molar-refractivity contribution in [1.29, 1.82) is 0 Å². The number of pyridine rings is 1. The number of nitrogens with zero attached hydrogens (tertiary/aromatic N) is 4. The minimum absolute atomic E-state index is 0.0603. The van der Waals surface area contributed by atoms with Crippen molar-refractivity contribution < 1.29 is 4.92 Å². The highest BCUT2D eigenvalue weighted by molar-refractivity contribution is 6.38. The van der Waals surface area contributed by atoms with Gasteiger partial charge in [0, 0.05) is 24.2 Å². The molecule has 0 atom stereocenters. The van der Waals surface area contributed by atoms with Gasteiger partial charge in [-0.3, -0.25) is 14.9 Å². The summed E-state index contributed by atoms with van der Waals surface area (Å²) in [6.07, 6.45) is 6.93. The molecule has 0 amide bonds. The Kier molecular flexibility index (Phi) is 4.65. The van der Waals surface area contributed by atoms with Crippen molar-refractivity contribution in [3.05, 3.63) is 61.0 Å². The fourth-order valence-corrected chi connectivity index (χ4v) is 4.43. The Morgan fingerprint density at radius 1 is 1.07 bits per heavy atom. The molecule has 0 N–H and O–H groups in total. The third kappa shape index (κ3) is 3.11. The smallest absolute Gasteiger partial charge is 0.272 e. The summed E-state index contributed by atoms with van der Waals surface area (Å²) < 4.78 is 3.33. The summed E-state index contributed by atoms with van der Waals surface area (Å²) in [6, 6.07) is 5.83. The predicted octanol–water partition coefficient (Wildman–Crippen LogP) is 4.91. The van der Waals surface area contributed by atoms with Gasteiger partial charge in [-0.25, -0.2) is 4.68 Å². The van der Waals surface area contributed by atoms with Crippen LogP contribution in [0.15, 0.2) is 35.3 Å². The molecule has 27 heavy (non-hydrogen) atoms. The van der Waals surface area contributed by atoms with E-state index in [2.05, 4.69) is 5.10 Å². The first-order valence-electron chi connectivity index (χ1n) is 8.70. The number of nitro groups is 1. The average molecular weight is 407 g/mol. The molecule has 0 saturated heterocycles. The zero-order valence-electron chi connectivity index (χ0n) is 14.3. The van der Waals surface area contributed by atoms with E-state index in [-0.39, 0.29) is 27.3 Å². The first-order chi connectivity index (χ1) is 13.0. The fraction of sp³-hybridized carbons (Fsp3) is 0.333. The van der Waals surface area contributed by atoms with Crippen LogP contribution in [0.25, 0.3) is 16.7 Å². The summed E-state index contributed by atoms with van der Waals surface area (Å²) in [5, 5.41) is 15.6. The highest BCUT2D eigenvalue weighted by Gasteiger charge is 2.22. The van der Waals surface area contributed by atoms with E-state index in [1.54, 1.807) is 16.8 Å². The molecular formula is C18H16Cl2N4O3. The van der Waals surface area contributed by atoms with Gasteiger partial charge in [0.2, 0.25) is 0 Å². The van der Waals surface area contributed by atoms with E-state index >= 15 is 0 Å². The Morgan fingerprint density at radius 3 is 2.37 bits per heavy atom. The largest absolute Gasteiger partial charge is 0.302 e. The van der Waals surface area contributed by atoms with Crippen LogP contribution in [0.2, 0.25) is 10.0 Å². The maximum Gasteiger partial charge on any atom is 0.272 e. The number of fused-ring (bicyclic) bond motifs is 1. The maximum atomic E-state index is 12.5. The molecule has 0 bridgehead atoms. The minimum Gasteiger partial charge on any atom is -0.302 e. The number of hydrogen-bond acceptors (Lipinski definition) is 4. The highest BCUT2D eigenvalue weighted by Crippen LogP contribution is 2.35. The lowest BCUT2D eigenvalue weighted by atomic mass is 9.95. The van der Waals surface area contributed by atoms with Crippen LogP contribution in [-0.4, -0.2) is 19.3 Å². The van der Waals surface area contributed by atoms with E-state index in [1.165, 1.54) is 29.3 Å². The molecule has 1 aliphatic rings. The molecule has 1 aromatic carbocycles. The van der Waals surface area contributed by atoms with Gasteiger partial charge in [-0.15, -0.1) is 0 Å². The molecule has 3 aromatic rings. The lowest BCUT2D eigenvalue weighted by Crippen LogP contribution is -2.25. The van der Waals surface area contributed by atoms with E-state index in [9.17, 15) is 14.9 Å².